The Morgan fingerprint density at radius 3 is 2.54 bits per heavy atom. The van der Waals surface area contributed by atoms with Crippen LogP contribution >= 0.6 is 0 Å². The second-order valence-electron chi connectivity index (χ2n) is 6.44. The number of carbonyl (C=O) groups is 1. The molecule has 0 amide bonds. The predicted molar refractivity (Wildman–Crippen MR) is 96.4 cm³/mol. The van der Waals surface area contributed by atoms with Crippen LogP contribution in [0.5, 0.6) is 0 Å². The van der Waals surface area contributed by atoms with Gasteiger partial charge in [0.15, 0.2) is 0 Å². The molecule has 6 heteroatoms. The lowest BCUT2D eigenvalue weighted by Crippen LogP contribution is -2.19. The van der Waals surface area contributed by atoms with Crippen molar-refractivity contribution in [1.29, 1.82) is 0 Å². The van der Waals surface area contributed by atoms with Gasteiger partial charge in [-0.3, -0.25) is 0 Å². The van der Waals surface area contributed by atoms with Crippen molar-refractivity contribution in [3.05, 3.63) is 70.4 Å². The quantitative estimate of drug-likeness (QED) is 0.659. The number of nitrogens with zero attached hydrogens (tertiary/aromatic N) is 1. The maximum atomic E-state index is 13.9. The van der Waals surface area contributed by atoms with Crippen LogP contribution in [0.3, 0.4) is 0 Å². The van der Waals surface area contributed by atoms with Gasteiger partial charge < -0.3 is 15.0 Å². The fourth-order valence-electron chi connectivity index (χ4n) is 3.12. The van der Waals surface area contributed by atoms with Crippen LogP contribution in [0.25, 0.3) is 10.9 Å². The fraction of sp³-hybridized carbons (Fsp3) is 0.250. The summed E-state index contributed by atoms with van der Waals surface area (Å²) in [6, 6.07) is 7.97. The molecule has 26 heavy (non-hydrogen) atoms. The van der Waals surface area contributed by atoms with Gasteiger partial charge in [0.1, 0.15) is 11.6 Å². The highest BCUT2D eigenvalue weighted by atomic mass is 19.1. The number of carboxylic acids is 1. The third kappa shape index (κ3) is 3.60. The van der Waals surface area contributed by atoms with Gasteiger partial charge in [-0.25, -0.2) is 13.6 Å². The molecule has 2 aromatic carbocycles. The van der Waals surface area contributed by atoms with Crippen molar-refractivity contribution in [1.82, 2.24) is 9.88 Å². The third-order valence-corrected chi connectivity index (χ3v) is 4.49. The number of rotatable bonds is 6. The van der Waals surface area contributed by atoms with Gasteiger partial charge in [0.2, 0.25) is 0 Å². The predicted octanol–water partition coefficient (Wildman–Crippen LogP) is 3.80. The van der Waals surface area contributed by atoms with E-state index < -0.39 is 23.2 Å². The zero-order valence-corrected chi connectivity index (χ0v) is 14.6. The van der Waals surface area contributed by atoms with E-state index >= 15 is 0 Å². The van der Waals surface area contributed by atoms with Gasteiger partial charge in [0.05, 0.1) is 5.56 Å². The fourth-order valence-corrected chi connectivity index (χ4v) is 3.12. The average Bonchev–Trinajstić information content (AvgIpc) is 2.88. The molecule has 0 aliphatic carbocycles. The summed E-state index contributed by atoms with van der Waals surface area (Å²) in [5.74, 6) is -3.06. The van der Waals surface area contributed by atoms with Gasteiger partial charge >= 0.3 is 5.97 Å². The first-order valence-corrected chi connectivity index (χ1v) is 8.33. The summed E-state index contributed by atoms with van der Waals surface area (Å²) in [4.78, 5) is 10.8. The Hall–Kier alpha value is -2.73. The van der Waals surface area contributed by atoms with Crippen molar-refractivity contribution in [2.24, 2.45) is 7.05 Å². The molecule has 1 aromatic heterocycles. The number of hydrogen-bond donors (Lipinski definition) is 2. The minimum absolute atomic E-state index is 0.00135. The van der Waals surface area contributed by atoms with Crippen LogP contribution in [0, 0.1) is 18.6 Å². The second-order valence-corrected chi connectivity index (χ2v) is 6.44. The molecule has 0 bridgehead atoms. The van der Waals surface area contributed by atoms with Crippen molar-refractivity contribution in [2.75, 3.05) is 6.54 Å². The number of benzene rings is 2. The Kier molecular flexibility index (Phi) is 5.04. The summed E-state index contributed by atoms with van der Waals surface area (Å²) in [5.41, 5.74) is 2.95. The summed E-state index contributed by atoms with van der Waals surface area (Å²) >= 11 is 0. The number of carboxylic acid groups (broad SMARTS) is 1. The number of nitrogens with one attached hydrogen (secondary N) is 1. The minimum atomic E-state index is -1.35. The minimum Gasteiger partial charge on any atom is -0.478 e. The van der Waals surface area contributed by atoms with Crippen LogP contribution in [0.4, 0.5) is 8.78 Å². The number of halogens is 2. The lowest BCUT2D eigenvalue weighted by Gasteiger charge is -2.08. The smallest absolute Gasteiger partial charge is 0.335 e. The molecule has 0 saturated carbocycles. The number of aromatic nitrogens is 1. The highest BCUT2D eigenvalue weighted by Gasteiger charge is 2.14. The second kappa shape index (κ2) is 7.25. The zero-order chi connectivity index (χ0) is 18.8. The van der Waals surface area contributed by atoms with Crippen LogP contribution in [-0.2, 0) is 20.0 Å². The Morgan fingerprint density at radius 1 is 1.19 bits per heavy atom. The molecule has 0 radical (unpaired) electrons. The molecule has 3 aromatic rings. The van der Waals surface area contributed by atoms with Gasteiger partial charge in [0.25, 0.3) is 0 Å². The van der Waals surface area contributed by atoms with Crippen molar-refractivity contribution in [2.45, 2.75) is 19.9 Å². The summed E-state index contributed by atoms with van der Waals surface area (Å²) < 4.78 is 29.9. The third-order valence-electron chi connectivity index (χ3n) is 4.49. The molecule has 3 rings (SSSR count). The van der Waals surface area contributed by atoms with Crippen LogP contribution in [0.1, 0.15) is 27.0 Å². The topological polar surface area (TPSA) is 54.3 Å². The van der Waals surface area contributed by atoms with Crippen LogP contribution in [-0.4, -0.2) is 22.2 Å². The maximum Gasteiger partial charge on any atom is 0.335 e. The number of aryl methyl sites for hydroxylation is 2. The monoisotopic (exact) mass is 358 g/mol. The molecule has 0 spiro atoms. The van der Waals surface area contributed by atoms with Gasteiger partial charge in [0, 0.05) is 36.3 Å². The van der Waals surface area contributed by atoms with E-state index in [4.69, 9.17) is 5.11 Å². The van der Waals surface area contributed by atoms with Crippen molar-refractivity contribution in [3.63, 3.8) is 0 Å². The molecule has 1 heterocycles. The van der Waals surface area contributed by atoms with E-state index in [1.165, 1.54) is 16.5 Å². The molecule has 136 valence electrons. The van der Waals surface area contributed by atoms with Crippen LogP contribution in [0.15, 0.2) is 36.5 Å². The Bertz CT molecular complexity index is 956. The van der Waals surface area contributed by atoms with Crippen LogP contribution < -0.4 is 5.32 Å². The summed E-state index contributed by atoms with van der Waals surface area (Å²) in [7, 11) is 1.99. The maximum absolute atomic E-state index is 13.9. The Morgan fingerprint density at radius 2 is 1.88 bits per heavy atom. The van der Waals surface area contributed by atoms with E-state index in [0.29, 0.717) is 6.54 Å². The van der Waals surface area contributed by atoms with Crippen molar-refractivity contribution in [3.8, 4) is 0 Å². The number of aromatic carboxylic acids is 1. The lowest BCUT2D eigenvalue weighted by atomic mass is 10.1. The molecule has 0 atom stereocenters. The summed E-state index contributed by atoms with van der Waals surface area (Å²) in [6.45, 7) is 2.59. The van der Waals surface area contributed by atoms with Crippen molar-refractivity contribution < 1.29 is 18.7 Å². The highest BCUT2D eigenvalue weighted by Crippen LogP contribution is 2.22. The SMILES string of the molecule is Cc1ccc2c(c1)c(CCNCc1c(F)cc(C(=O)O)cc1F)cn2C. The molecule has 0 fully saturated rings. The highest BCUT2D eigenvalue weighted by molar-refractivity contribution is 5.87. The van der Waals surface area contributed by atoms with E-state index in [2.05, 4.69) is 34.3 Å². The summed E-state index contributed by atoms with van der Waals surface area (Å²) in [5, 5.41) is 13.0. The molecule has 0 aliphatic rings. The Balaban J connectivity index is 1.67. The lowest BCUT2D eigenvalue weighted by molar-refractivity contribution is 0.0695. The number of fused-ring (bicyclic) bond motifs is 1. The van der Waals surface area contributed by atoms with Gasteiger partial charge in [-0.2, -0.15) is 0 Å². The first-order chi connectivity index (χ1) is 12.4. The van der Waals surface area contributed by atoms with E-state index in [9.17, 15) is 13.6 Å². The molecule has 0 aliphatic heterocycles. The first kappa shape index (κ1) is 18.1. The summed E-state index contributed by atoms with van der Waals surface area (Å²) in [6.07, 6.45) is 2.78. The largest absolute Gasteiger partial charge is 0.478 e. The first-order valence-electron chi connectivity index (χ1n) is 8.33. The van der Waals surface area contributed by atoms with E-state index in [-0.39, 0.29) is 12.1 Å². The molecule has 2 N–H and O–H groups in total. The van der Waals surface area contributed by atoms with Crippen LogP contribution in [0.2, 0.25) is 0 Å². The molecule has 4 nitrogen and oxygen atoms in total. The number of hydrogen-bond acceptors (Lipinski definition) is 2. The van der Waals surface area contributed by atoms with Gasteiger partial charge in [-0.15, -0.1) is 0 Å². The molecule has 0 unspecified atom stereocenters. The molecular weight excluding hydrogens is 338 g/mol. The normalized spacial score (nSPS) is 11.2. The van der Waals surface area contributed by atoms with Crippen molar-refractivity contribution >= 4 is 16.9 Å². The van der Waals surface area contributed by atoms with Gasteiger partial charge in [-0.1, -0.05) is 11.6 Å². The average molecular weight is 358 g/mol. The Labute approximate surface area is 150 Å². The zero-order valence-electron chi connectivity index (χ0n) is 14.6. The van der Waals surface area contributed by atoms with E-state index in [0.717, 1.165) is 24.1 Å². The molecular formula is C20H20F2N2O2. The van der Waals surface area contributed by atoms with E-state index in [1.807, 2.05) is 14.0 Å². The van der Waals surface area contributed by atoms with E-state index in [1.54, 1.807) is 0 Å². The molecule has 0 saturated heterocycles. The van der Waals surface area contributed by atoms with Gasteiger partial charge in [-0.05, 0) is 49.7 Å². The standard InChI is InChI=1S/C20H20F2N2O2/c1-12-3-4-19-15(7-12)13(11-24(19)2)5-6-23-10-16-17(21)8-14(20(25)26)9-18(16)22/h3-4,7-9,11,23H,5-6,10H2,1-2H3,(H,25,26).